The zero-order valence-electron chi connectivity index (χ0n) is 10.7. The van der Waals surface area contributed by atoms with Crippen LogP contribution in [0.25, 0.3) is 22.5 Å². The van der Waals surface area contributed by atoms with Gasteiger partial charge in [0.05, 0.1) is 11.4 Å². The molecule has 2 heteroatoms. The van der Waals surface area contributed by atoms with Crippen LogP contribution in [0.4, 0.5) is 0 Å². The Hall–Kier alpha value is -2.35. The van der Waals surface area contributed by atoms with Crippen LogP contribution in [-0.4, -0.2) is 10.2 Å². The summed E-state index contributed by atoms with van der Waals surface area (Å²) >= 11 is 0. The maximum Gasteiger partial charge on any atom is 0.0965 e. The van der Waals surface area contributed by atoms with E-state index in [0.29, 0.717) is 5.92 Å². The summed E-state index contributed by atoms with van der Waals surface area (Å²) < 4.78 is 0. The van der Waals surface area contributed by atoms with Crippen LogP contribution in [0.5, 0.6) is 0 Å². The molecule has 92 valence electrons. The second-order valence-corrected chi connectivity index (χ2v) is 5.04. The van der Waals surface area contributed by atoms with Crippen molar-refractivity contribution in [1.82, 2.24) is 10.2 Å². The third-order valence-electron chi connectivity index (χ3n) is 3.98. The van der Waals surface area contributed by atoms with Gasteiger partial charge in [-0.05, 0) is 5.56 Å². The van der Waals surface area contributed by atoms with Crippen molar-refractivity contribution in [2.24, 2.45) is 0 Å². The molecule has 0 aliphatic heterocycles. The van der Waals surface area contributed by atoms with Crippen LogP contribution < -0.4 is 0 Å². The Morgan fingerprint density at radius 1 is 0.947 bits per heavy atom. The van der Waals surface area contributed by atoms with E-state index in [2.05, 4.69) is 65.7 Å². The fraction of sp³-hybridized carbons (Fsp3) is 0.118. The van der Waals surface area contributed by atoms with Crippen LogP contribution >= 0.6 is 0 Å². The molecule has 19 heavy (non-hydrogen) atoms. The van der Waals surface area contributed by atoms with E-state index in [1.807, 2.05) is 6.07 Å². The fourth-order valence-corrected chi connectivity index (χ4v) is 3.05. The van der Waals surface area contributed by atoms with E-state index in [1.165, 1.54) is 27.9 Å². The standard InChI is InChI=1S/C17H14N2/c1-11-13-9-5-6-10-14(13)17-15(11)16(18-19-17)12-7-3-2-4-8-12/h2-11H,1H3,(H,18,19). The number of H-pyrrole nitrogens is 1. The summed E-state index contributed by atoms with van der Waals surface area (Å²) in [7, 11) is 0. The number of hydrogen-bond acceptors (Lipinski definition) is 1. The van der Waals surface area contributed by atoms with E-state index in [-0.39, 0.29) is 0 Å². The molecule has 1 unspecified atom stereocenters. The van der Waals surface area contributed by atoms with Gasteiger partial charge in [-0.3, -0.25) is 5.10 Å². The van der Waals surface area contributed by atoms with Crippen molar-refractivity contribution in [2.75, 3.05) is 0 Å². The number of nitrogens with one attached hydrogen (secondary N) is 1. The summed E-state index contributed by atoms with van der Waals surface area (Å²) in [5.41, 5.74) is 7.45. The Labute approximate surface area is 112 Å². The lowest BCUT2D eigenvalue weighted by atomic mass is 9.96. The zero-order valence-corrected chi connectivity index (χ0v) is 10.7. The normalized spacial score (nSPS) is 16.2. The van der Waals surface area contributed by atoms with Gasteiger partial charge in [0.2, 0.25) is 0 Å². The molecule has 0 amide bonds. The third-order valence-corrected chi connectivity index (χ3v) is 3.98. The van der Waals surface area contributed by atoms with E-state index in [0.717, 1.165) is 5.69 Å². The summed E-state index contributed by atoms with van der Waals surface area (Å²) in [4.78, 5) is 0. The maximum atomic E-state index is 4.53. The highest BCUT2D eigenvalue weighted by molar-refractivity contribution is 5.82. The summed E-state index contributed by atoms with van der Waals surface area (Å²) in [6, 6.07) is 19.0. The number of fused-ring (bicyclic) bond motifs is 3. The predicted molar refractivity (Wildman–Crippen MR) is 77.0 cm³/mol. The average molecular weight is 246 g/mol. The predicted octanol–water partition coefficient (Wildman–Crippen LogP) is 4.21. The SMILES string of the molecule is CC1c2ccccc2-c2[nH]nc(-c3ccccc3)c21. The summed E-state index contributed by atoms with van der Waals surface area (Å²) in [6.45, 7) is 2.26. The Balaban J connectivity index is 1.96. The fourth-order valence-electron chi connectivity index (χ4n) is 3.05. The Morgan fingerprint density at radius 3 is 2.53 bits per heavy atom. The molecular formula is C17H14N2. The minimum atomic E-state index is 0.403. The summed E-state index contributed by atoms with van der Waals surface area (Å²) in [6.07, 6.45) is 0. The molecule has 0 bridgehead atoms. The molecule has 2 aromatic carbocycles. The second-order valence-electron chi connectivity index (χ2n) is 5.04. The van der Waals surface area contributed by atoms with Crippen LogP contribution in [0.2, 0.25) is 0 Å². The largest absolute Gasteiger partial charge is 0.277 e. The average Bonchev–Trinajstić information content (AvgIpc) is 3.02. The maximum absolute atomic E-state index is 4.53. The Kier molecular flexibility index (Phi) is 2.12. The third kappa shape index (κ3) is 1.40. The number of aromatic amines is 1. The van der Waals surface area contributed by atoms with Gasteiger partial charge < -0.3 is 0 Å². The molecule has 0 radical (unpaired) electrons. The highest BCUT2D eigenvalue weighted by atomic mass is 15.1. The molecule has 0 spiro atoms. The van der Waals surface area contributed by atoms with Gasteiger partial charge in [0.1, 0.15) is 0 Å². The lowest BCUT2D eigenvalue weighted by molar-refractivity contribution is 0.956. The molecule has 0 fully saturated rings. The van der Waals surface area contributed by atoms with Crippen molar-refractivity contribution >= 4 is 0 Å². The Bertz CT molecular complexity index is 741. The van der Waals surface area contributed by atoms with Gasteiger partial charge >= 0.3 is 0 Å². The molecular weight excluding hydrogens is 232 g/mol. The molecule has 1 atom stereocenters. The molecule has 1 aromatic heterocycles. The minimum Gasteiger partial charge on any atom is -0.277 e. The zero-order chi connectivity index (χ0) is 12.8. The molecule has 0 saturated carbocycles. The van der Waals surface area contributed by atoms with Gasteiger partial charge in [-0.2, -0.15) is 5.10 Å². The number of hydrogen-bond donors (Lipinski definition) is 1. The molecule has 3 aromatic rings. The number of benzene rings is 2. The van der Waals surface area contributed by atoms with Crippen LogP contribution in [0.3, 0.4) is 0 Å². The van der Waals surface area contributed by atoms with Gasteiger partial charge in [0, 0.05) is 22.6 Å². The minimum absolute atomic E-state index is 0.403. The van der Waals surface area contributed by atoms with E-state index in [9.17, 15) is 0 Å². The number of nitrogens with zero attached hydrogens (tertiary/aromatic N) is 1. The van der Waals surface area contributed by atoms with Gasteiger partial charge in [-0.1, -0.05) is 61.5 Å². The van der Waals surface area contributed by atoms with Crippen LogP contribution in [0, 0.1) is 0 Å². The molecule has 1 aliphatic rings. The summed E-state index contributed by atoms with van der Waals surface area (Å²) in [5, 5.41) is 7.75. The van der Waals surface area contributed by atoms with Crippen molar-refractivity contribution in [1.29, 1.82) is 0 Å². The van der Waals surface area contributed by atoms with Gasteiger partial charge in [-0.15, -0.1) is 0 Å². The quantitative estimate of drug-likeness (QED) is 0.684. The topological polar surface area (TPSA) is 28.7 Å². The van der Waals surface area contributed by atoms with Crippen LogP contribution in [-0.2, 0) is 0 Å². The van der Waals surface area contributed by atoms with Gasteiger partial charge in [0.15, 0.2) is 0 Å². The summed E-state index contributed by atoms with van der Waals surface area (Å²) in [5.74, 6) is 0.403. The Morgan fingerprint density at radius 2 is 1.68 bits per heavy atom. The number of aromatic nitrogens is 2. The molecule has 1 heterocycles. The highest BCUT2D eigenvalue weighted by Crippen LogP contribution is 2.46. The lowest BCUT2D eigenvalue weighted by Gasteiger charge is -2.07. The molecule has 4 rings (SSSR count). The van der Waals surface area contributed by atoms with Crippen LogP contribution in [0.1, 0.15) is 24.0 Å². The monoisotopic (exact) mass is 246 g/mol. The van der Waals surface area contributed by atoms with Crippen molar-refractivity contribution in [3.05, 3.63) is 65.7 Å². The first-order valence-corrected chi connectivity index (χ1v) is 6.59. The molecule has 2 nitrogen and oxygen atoms in total. The molecule has 1 N–H and O–H groups in total. The second kappa shape index (κ2) is 3.82. The van der Waals surface area contributed by atoms with Gasteiger partial charge in [-0.25, -0.2) is 0 Å². The van der Waals surface area contributed by atoms with Gasteiger partial charge in [0.25, 0.3) is 0 Å². The highest BCUT2D eigenvalue weighted by Gasteiger charge is 2.30. The van der Waals surface area contributed by atoms with E-state index in [4.69, 9.17) is 0 Å². The van der Waals surface area contributed by atoms with Crippen molar-refractivity contribution in [3.8, 4) is 22.5 Å². The molecule has 0 saturated heterocycles. The number of rotatable bonds is 1. The first-order chi connectivity index (χ1) is 9.36. The first kappa shape index (κ1) is 10.6. The van der Waals surface area contributed by atoms with E-state index < -0.39 is 0 Å². The van der Waals surface area contributed by atoms with E-state index >= 15 is 0 Å². The van der Waals surface area contributed by atoms with Crippen LogP contribution in [0.15, 0.2) is 54.6 Å². The molecule has 1 aliphatic carbocycles. The van der Waals surface area contributed by atoms with Crippen molar-refractivity contribution < 1.29 is 0 Å². The first-order valence-electron chi connectivity index (χ1n) is 6.59. The smallest absolute Gasteiger partial charge is 0.0965 e. The lowest BCUT2D eigenvalue weighted by Crippen LogP contribution is -1.92. The van der Waals surface area contributed by atoms with Crippen molar-refractivity contribution in [3.63, 3.8) is 0 Å². The van der Waals surface area contributed by atoms with E-state index in [1.54, 1.807) is 0 Å². The van der Waals surface area contributed by atoms with Crippen molar-refractivity contribution in [2.45, 2.75) is 12.8 Å².